The minimum absolute atomic E-state index is 0.202. The molecule has 0 saturated carbocycles. The van der Waals surface area contributed by atoms with Crippen LogP contribution in [0.25, 0.3) is 21.9 Å². The summed E-state index contributed by atoms with van der Waals surface area (Å²) in [7, 11) is 0. The van der Waals surface area contributed by atoms with Gasteiger partial charge in [0, 0.05) is 4.90 Å². The summed E-state index contributed by atoms with van der Waals surface area (Å²) in [5, 5.41) is 32.4. The summed E-state index contributed by atoms with van der Waals surface area (Å²) < 4.78 is 7.11. The highest BCUT2D eigenvalue weighted by molar-refractivity contribution is 7.99. The molecule has 4 atom stereocenters. The number of hydrogen-bond donors (Lipinski definition) is 4. The van der Waals surface area contributed by atoms with Gasteiger partial charge in [-0.1, -0.05) is 36.4 Å². The monoisotopic (exact) mass is 425 g/mol. The van der Waals surface area contributed by atoms with E-state index < -0.39 is 31.1 Å². The number of fused-ring (bicyclic) bond motifs is 2. The van der Waals surface area contributed by atoms with Crippen molar-refractivity contribution >= 4 is 39.5 Å². The molecule has 2 aromatic heterocycles. The fraction of sp³-hybridized carbons (Fsp3) is 0.250. The van der Waals surface area contributed by atoms with Crippen molar-refractivity contribution in [2.45, 2.75) is 34.6 Å². The highest BCUT2D eigenvalue weighted by Gasteiger charge is 2.44. The molecule has 1 aliphatic rings. The van der Waals surface area contributed by atoms with Gasteiger partial charge in [-0.05, 0) is 28.6 Å². The molecule has 10 heteroatoms. The maximum Gasteiger partial charge on any atom is 0.196 e. The highest BCUT2D eigenvalue weighted by Crippen LogP contribution is 2.35. The van der Waals surface area contributed by atoms with E-state index in [9.17, 15) is 15.3 Å². The first-order valence-corrected chi connectivity index (χ1v) is 10.2. The molecule has 154 valence electrons. The summed E-state index contributed by atoms with van der Waals surface area (Å²) >= 11 is 1.37. The summed E-state index contributed by atoms with van der Waals surface area (Å²) in [5.41, 5.74) is 6.86. The van der Waals surface area contributed by atoms with Crippen molar-refractivity contribution in [3.05, 3.63) is 48.8 Å². The normalized spacial score (nSPS) is 24.1. The van der Waals surface area contributed by atoms with Gasteiger partial charge >= 0.3 is 0 Å². The lowest BCUT2D eigenvalue weighted by Gasteiger charge is -2.16. The van der Waals surface area contributed by atoms with Crippen LogP contribution >= 0.6 is 11.8 Å². The molecule has 0 spiro atoms. The molecule has 1 fully saturated rings. The van der Waals surface area contributed by atoms with E-state index in [-0.39, 0.29) is 5.82 Å². The van der Waals surface area contributed by atoms with Crippen molar-refractivity contribution < 1.29 is 20.1 Å². The molecule has 4 aromatic rings. The standard InChI is InChI=1S/C20H19N5O4S/c21-17-14-18(25(9-22-14)19-16(28)15(27)12(8-26)29-19)24-20(23-17)30-13-7-3-5-10-4-1-2-6-11(10)13/h1-7,9,12,15-16,19,26-28H,8H2,(H2,21,23,24)/t12-,15?,16?,19-/m1/s1. The van der Waals surface area contributed by atoms with Gasteiger partial charge in [0.25, 0.3) is 0 Å². The van der Waals surface area contributed by atoms with Gasteiger partial charge in [-0.2, -0.15) is 0 Å². The van der Waals surface area contributed by atoms with E-state index in [0.717, 1.165) is 15.7 Å². The third-order valence-corrected chi connectivity index (χ3v) is 6.11. The Morgan fingerprint density at radius 1 is 1.07 bits per heavy atom. The average Bonchev–Trinajstić information content (AvgIpc) is 3.30. The molecule has 30 heavy (non-hydrogen) atoms. The van der Waals surface area contributed by atoms with E-state index >= 15 is 0 Å². The van der Waals surface area contributed by atoms with Crippen molar-refractivity contribution in [1.82, 2.24) is 19.5 Å². The molecule has 1 aliphatic heterocycles. The Labute approximate surface area is 175 Å². The number of nitrogens with zero attached hydrogens (tertiary/aromatic N) is 4. The predicted molar refractivity (Wildman–Crippen MR) is 111 cm³/mol. The van der Waals surface area contributed by atoms with Crippen molar-refractivity contribution in [3.8, 4) is 0 Å². The summed E-state index contributed by atoms with van der Waals surface area (Å²) in [6.07, 6.45) is -2.88. The molecule has 5 N–H and O–H groups in total. The van der Waals surface area contributed by atoms with Gasteiger partial charge in [0.2, 0.25) is 0 Å². The third kappa shape index (κ3) is 3.09. The van der Waals surface area contributed by atoms with Gasteiger partial charge in [-0.3, -0.25) is 4.57 Å². The van der Waals surface area contributed by atoms with Crippen LogP contribution in [0.5, 0.6) is 0 Å². The Bertz CT molecular complexity index is 1230. The van der Waals surface area contributed by atoms with Crippen LogP contribution in [0, 0.1) is 0 Å². The molecule has 0 bridgehead atoms. The Kier molecular flexibility index (Phi) is 4.80. The van der Waals surface area contributed by atoms with Crippen LogP contribution in [0.15, 0.2) is 58.8 Å². The SMILES string of the molecule is Nc1nc(Sc2cccc3ccccc23)nc2c1ncn2[C@@H]1O[C@H](CO)C(O)C1O. The van der Waals surface area contributed by atoms with E-state index in [1.54, 1.807) is 0 Å². The average molecular weight is 425 g/mol. The number of aromatic nitrogens is 4. The number of hydrogen-bond acceptors (Lipinski definition) is 9. The second-order valence-corrected chi connectivity index (χ2v) is 8.03. The fourth-order valence-electron chi connectivity index (χ4n) is 3.64. The summed E-state index contributed by atoms with van der Waals surface area (Å²) in [5.74, 6) is 0.202. The molecule has 0 aliphatic carbocycles. The van der Waals surface area contributed by atoms with Crippen LogP contribution in [0.2, 0.25) is 0 Å². The van der Waals surface area contributed by atoms with E-state index in [2.05, 4.69) is 15.0 Å². The summed E-state index contributed by atoms with van der Waals surface area (Å²) in [4.78, 5) is 14.2. The first-order valence-electron chi connectivity index (χ1n) is 9.35. The molecule has 0 radical (unpaired) electrons. The highest BCUT2D eigenvalue weighted by atomic mass is 32.2. The molecule has 9 nitrogen and oxygen atoms in total. The quantitative estimate of drug-likeness (QED) is 0.356. The van der Waals surface area contributed by atoms with Gasteiger partial charge < -0.3 is 25.8 Å². The van der Waals surface area contributed by atoms with Crippen LogP contribution < -0.4 is 5.73 Å². The lowest BCUT2D eigenvalue weighted by molar-refractivity contribution is -0.0511. The van der Waals surface area contributed by atoms with Gasteiger partial charge in [0.05, 0.1) is 12.9 Å². The number of aliphatic hydroxyl groups excluding tert-OH is 3. The van der Waals surface area contributed by atoms with Crippen molar-refractivity contribution in [2.75, 3.05) is 12.3 Å². The zero-order valence-electron chi connectivity index (χ0n) is 15.7. The zero-order chi connectivity index (χ0) is 20.8. The minimum atomic E-state index is -1.25. The lowest BCUT2D eigenvalue weighted by atomic mass is 10.1. The largest absolute Gasteiger partial charge is 0.394 e. The molecule has 5 rings (SSSR count). The van der Waals surface area contributed by atoms with Gasteiger partial charge in [-0.25, -0.2) is 15.0 Å². The molecule has 1 saturated heterocycles. The first kappa shape index (κ1) is 19.2. The summed E-state index contributed by atoms with van der Waals surface area (Å²) in [6.45, 7) is -0.416. The number of nitrogens with two attached hydrogens (primary N) is 1. The van der Waals surface area contributed by atoms with Gasteiger partial charge in [-0.15, -0.1) is 0 Å². The Hall–Kier alpha value is -2.76. The Morgan fingerprint density at radius 3 is 2.67 bits per heavy atom. The van der Waals surface area contributed by atoms with E-state index in [1.165, 1.54) is 22.7 Å². The maximum atomic E-state index is 10.4. The van der Waals surface area contributed by atoms with Gasteiger partial charge in [0.15, 0.2) is 22.8 Å². The number of ether oxygens (including phenoxy) is 1. The Balaban J connectivity index is 1.56. The van der Waals surface area contributed by atoms with Crippen LogP contribution in [0.1, 0.15) is 6.23 Å². The van der Waals surface area contributed by atoms with Gasteiger partial charge in [0.1, 0.15) is 23.8 Å². The number of nitrogen functional groups attached to an aromatic ring is 1. The molecular weight excluding hydrogens is 406 g/mol. The van der Waals surface area contributed by atoms with E-state index in [1.807, 2.05) is 42.5 Å². The molecular formula is C20H19N5O4S. The minimum Gasteiger partial charge on any atom is -0.394 e. The smallest absolute Gasteiger partial charge is 0.196 e. The molecule has 2 unspecified atom stereocenters. The summed E-state index contributed by atoms with van der Waals surface area (Å²) in [6, 6.07) is 14.0. The Morgan fingerprint density at radius 2 is 1.87 bits per heavy atom. The third-order valence-electron chi connectivity index (χ3n) is 5.17. The van der Waals surface area contributed by atoms with Crippen LogP contribution in [-0.4, -0.2) is 59.8 Å². The maximum absolute atomic E-state index is 10.4. The number of aliphatic hydroxyl groups is 3. The van der Waals surface area contributed by atoms with Crippen LogP contribution in [0.4, 0.5) is 5.82 Å². The number of benzene rings is 2. The zero-order valence-corrected chi connectivity index (χ0v) is 16.5. The first-order chi connectivity index (χ1) is 14.6. The van der Waals surface area contributed by atoms with Crippen LogP contribution in [-0.2, 0) is 4.74 Å². The second kappa shape index (κ2) is 7.49. The van der Waals surface area contributed by atoms with E-state index in [4.69, 9.17) is 10.5 Å². The van der Waals surface area contributed by atoms with Crippen molar-refractivity contribution in [2.24, 2.45) is 0 Å². The fourth-order valence-corrected chi connectivity index (χ4v) is 4.56. The number of rotatable bonds is 4. The van der Waals surface area contributed by atoms with E-state index in [0.29, 0.717) is 16.3 Å². The second-order valence-electron chi connectivity index (χ2n) is 7.02. The molecule has 3 heterocycles. The van der Waals surface area contributed by atoms with Crippen molar-refractivity contribution in [3.63, 3.8) is 0 Å². The van der Waals surface area contributed by atoms with Crippen LogP contribution in [0.3, 0.4) is 0 Å². The predicted octanol–water partition coefficient (Wildman–Crippen LogP) is 1.32. The lowest BCUT2D eigenvalue weighted by Crippen LogP contribution is -2.33. The number of imidazole rings is 1. The molecule has 0 amide bonds. The topological polar surface area (TPSA) is 140 Å². The molecule has 2 aromatic carbocycles. The van der Waals surface area contributed by atoms with Crippen molar-refractivity contribution in [1.29, 1.82) is 0 Å². The number of anilines is 1.